The first kappa shape index (κ1) is 12.9. The Morgan fingerprint density at radius 3 is 3.06 bits per heavy atom. The minimum atomic E-state index is 0.164. The second-order valence-electron chi connectivity index (χ2n) is 4.68. The first-order chi connectivity index (χ1) is 8.70. The van der Waals surface area contributed by atoms with Gasteiger partial charge in [-0.2, -0.15) is 0 Å². The van der Waals surface area contributed by atoms with E-state index in [1.54, 1.807) is 7.11 Å². The third-order valence-electron chi connectivity index (χ3n) is 3.46. The van der Waals surface area contributed by atoms with Crippen molar-refractivity contribution in [2.45, 2.75) is 18.9 Å². The smallest absolute Gasteiger partial charge is 0.227 e. The zero-order valence-electron chi connectivity index (χ0n) is 11.0. The first-order valence-corrected chi connectivity index (χ1v) is 6.30. The minimum absolute atomic E-state index is 0.164. The summed E-state index contributed by atoms with van der Waals surface area (Å²) in [6, 6.07) is 8.01. The van der Waals surface area contributed by atoms with Gasteiger partial charge < -0.3 is 15.0 Å². The Labute approximate surface area is 108 Å². The van der Waals surface area contributed by atoms with E-state index in [4.69, 9.17) is 4.74 Å². The van der Waals surface area contributed by atoms with Gasteiger partial charge in [0.05, 0.1) is 13.5 Å². The van der Waals surface area contributed by atoms with E-state index in [0.717, 1.165) is 30.8 Å². The van der Waals surface area contributed by atoms with E-state index in [-0.39, 0.29) is 5.91 Å². The summed E-state index contributed by atoms with van der Waals surface area (Å²) in [4.78, 5) is 14.0. The summed E-state index contributed by atoms with van der Waals surface area (Å²) in [6.07, 6.45) is 1.48. The number of benzene rings is 1. The fourth-order valence-corrected chi connectivity index (χ4v) is 2.26. The van der Waals surface area contributed by atoms with E-state index in [1.807, 2.05) is 36.2 Å². The molecule has 2 rings (SSSR count). The normalized spacial score (nSPS) is 18.7. The van der Waals surface area contributed by atoms with E-state index >= 15 is 0 Å². The number of carbonyl (C=O) groups excluding carboxylic acids is 1. The van der Waals surface area contributed by atoms with Crippen LogP contribution in [-0.2, 0) is 11.2 Å². The van der Waals surface area contributed by atoms with Gasteiger partial charge in [-0.15, -0.1) is 0 Å². The molecule has 4 nitrogen and oxygen atoms in total. The molecule has 98 valence electrons. The summed E-state index contributed by atoms with van der Waals surface area (Å²) in [5.41, 5.74) is 0.997. The maximum absolute atomic E-state index is 12.2. The predicted octanol–water partition coefficient (Wildman–Crippen LogP) is 1.06. The molecule has 1 aromatic carbocycles. The van der Waals surface area contributed by atoms with E-state index in [9.17, 15) is 4.79 Å². The summed E-state index contributed by atoms with van der Waals surface area (Å²) in [7, 11) is 3.53. The van der Waals surface area contributed by atoms with Crippen LogP contribution < -0.4 is 10.1 Å². The molecule has 18 heavy (non-hydrogen) atoms. The predicted molar refractivity (Wildman–Crippen MR) is 70.7 cm³/mol. The van der Waals surface area contributed by atoms with Crippen LogP contribution in [0.25, 0.3) is 0 Å². The van der Waals surface area contributed by atoms with Crippen molar-refractivity contribution in [3.8, 4) is 5.75 Å². The Balaban J connectivity index is 1.97. The van der Waals surface area contributed by atoms with Crippen molar-refractivity contribution >= 4 is 5.91 Å². The molecule has 1 N–H and O–H groups in total. The third kappa shape index (κ3) is 3.01. The number of carbonyl (C=O) groups is 1. The molecule has 0 aliphatic carbocycles. The third-order valence-corrected chi connectivity index (χ3v) is 3.46. The molecule has 1 saturated heterocycles. The lowest BCUT2D eigenvalue weighted by atomic mass is 10.1. The Morgan fingerprint density at radius 2 is 2.39 bits per heavy atom. The summed E-state index contributed by atoms with van der Waals surface area (Å²) in [5, 5.41) is 3.28. The van der Waals surface area contributed by atoms with E-state index < -0.39 is 0 Å². The number of nitrogens with zero attached hydrogens (tertiary/aromatic N) is 1. The molecular formula is C14H20N2O2. The molecule has 1 fully saturated rings. The highest BCUT2D eigenvalue weighted by atomic mass is 16.5. The fraction of sp³-hybridized carbons (Fsp3) is 0.500. The number of rotatable bonds is 4. The number of likely N-dealkylation sites (N-methyl/N-ethyl adjacent to an activating group) is 1. The molecule has 1 aliphatic rings. The summed E-state index contributed by atoms with van der Waals surface area (Å²) < 4.78 is 5.16. The van der Waals surface area contributed by atoms with Gasteiger partial charge in [-0.1, -0.05) is 12.1 Å². The van der Waals surface area contributed by atoms with Crippen LogP contribution in [0.5, 0.6) is 5.75 Å². The lowest BCUT2D eigenvalue weighted by Crippen LogP contribution is -2.39. The standard InChI is InChI=1S/C14H20N2O2/c1-16(12-6-7-15-10-12)14(17)9-11-4-3-5-13(8-11)18-2/h3-5,8,12,15H,6-7,9-10H2,1-2H3. The largest absolute Gasteiger partial charge is 0.497 e. The van der Waals surface area contributed by atoms with Crippen LogP contribution in [0.1, 0.15) is 12.0 Å². The number of ether oxygens (including phenoxy) is 1. The van der Waals surface area contributed by atoms with Gasteiger partial charge in [0.1, 0.15) is 5.75 Å². The van der Waals surface area contributed by atoms with E-state index in [1.165, 1.54) is 0 Å². The van der Waals surface area contributed by atoms with Gasteiger partial charge in [0.15, 0.2) is 0 Å². The highest BCUT2D eigenvalue weighted by Gasteiger charge is 2.22. The Morgan fingerprint density at radius 1 is 1.56 bits per heavy atom. The van der Waals surface area contributed by atoms with Gasteiger partial charge in [-0.25, -0.2) is 0 Å². The van der Waals surface area contributed by atoms with Crippen LogP contribution >= 0.6 is 0 Å². The number of nitrogens with one attached hydrogen (secondary N) is 1. The summed E-state index contributed by atoms with van der Waals surface area (Å²) in [5.74, 6) is 0.961. The van der Waals surface area contributed by atoms with Crippen molar-refractivity contribution in [2.75, 3.05) is 27.2 Å². The SMILES string of the molecule is COc1cccc(CC(=O)N(C)C2CCNC2)c1. The van der Waals surface area contributed by atoms with Crippen molar-refractivity contribution in [2.24, 2.45) is 0 Å². The lowest BCUT2D eigenvalue weighted by molar-refractivity contribution is -0.130. The van der Waals surface area contributed by atoms with Gasteiger partial charge in [-0.3, -0.25) is 4.79 Å². The zero-order chi connectivity index (χ0) is 13.0. The molecule has 1 amide bonds. The molecule has 1 atom stereocenters. The Hall–Kier alpha value is -1.55. The van der Waals surface area contributed by atoms with Crippen LogP contribution in [0.4, 0.5) is 0 Å². The van der Waals surface area contributed by atoms with Crippen LogP contribution in [0, 0.1) is 0 Å². The van der Waals surface area contributed by atoms with Crippen molar-refractivity contribution in [1.82, 2.24) is 10.2 Å². The zero-order valence-corrected chi connectivity index (χ0v) is 11.0. The van der Waals surface area contributed by atoms with Crippen molar-refractivity contribution < 1.29 is 9.53 Å². The van der Waals surface area contributed by atoms with E-state index in [0.29, 0.717) is 12.5 Å². The lowest BCUT2D eigenvalue weighted by Gasteiger charge is -2.23. The van der Waals surface area contributed by atoms with Gasteiger partial charge >= 0.3 is 0 Å². The van der Waals surface area contributed by atoms with Crippen LogP contribution in [-0.4, -0.2) is 44.1 Å². The molecule has 0 aromatic heterocycles. The van der Waals surface area contributed by atoms with Crippen molar-refractivity contribution in [3.05, 3.63) is 29.8 Å². The van der Waals surface area contributed by atoms with Crippen molar-refractivity contribution in [3.63, 3.8) is 0 Å². The highest BCUT2D eigenvalue weighted by molar-refractivity contribution is 5.79. The minimum Gasteiger partial charge on any atom is -0.497 e. The van der Waals surface area contributed by atoms with Gasteiger partial charge in [0, 0.05) is 19.6 Å². The molecule has 0 radical (unpaired) electrons. The van der Waals surface area contributed by atoms with Crippen molar-refractivity contribution in [1.29, 1.82) is 0 Å². The summed E-state index contributed by atoms with van der Waals surface area (Å²) in [6.45, 7) is 1.90. The quantitative estimate of drug-likeness (QED) is 0.866. The molecule has 4 heteroatoms. The second kappa shape index (κ2) is 5.87. The second-order valence-corrected chi connectivity index (χ2v) is 4.68. The molecular weight excluding hydrogens is 228 g/mol. The van der Waals surface area contributed by atoms with Crippen LogP contribution in [0.3, 0.4) is 0 Å². The number of amides is 1. The molecule has 0 saturated carbocycles. The van der Waals surface area contributed by atoms with Gasteiger partial charge in [0.25, 0.3) is 0 Å². The monoisotopic (exact) mass is 248 g/mol. The number of methoxy groups -OCH3 is 1. The van der Waals surface area contributed by atoms with Crippen LogP contribution in [0.2, 0.25) is 0 Å². The van der Waals surface area contributed by atoms with Crippen LogP contribution in [0.15, 0.2) is 24.3 Å². The number of hydrogen-bond donors (Lipinski definition) is 1. The average Bonchev–Trinajstić information content (AvgIpc) is 2.92. The molecule has 1 aromatic rings. The molecule has 1 aliphatic heterocycles. The molecule has 0 bridgehead atoms. The maximum Gasteiger partial charge on any atom is 0.227 e. The molecule has 1 unspecified atom stereocenters. The number of hydrogen-bond acceptors (Lipinski definition) is 3. The van der Waals surface area contributed by atoms with E-state index in [2.05, 4.69) is 5.32 Å². The van der Waals surface area contributed by atoms with Gasteiger partial charge in [0.2, 0.25) is 5.91 Å². The van der Waals surface area contributed by atoms with Gasteiger partial charge in [-0.05, 0) is 30.7 Å². The summed E-state index contributed by atoms with van der Waals surface area (Å²) >= 11 is 0. The Kier molecular flexibility index (Phi) is 4.20. The Bertz CT molecular complexity index is 414. The molecule has 0 spiro atoms. The maximum atomic E-state index is 12.2. The highest BCUT2D eigenvalue weighted by Crippen LogP contribution is 2.15. The average molecular weight is 248 g/mol. The molecule has 1 heterocycles. The fourth-order valence-electron chi connectivity index (χ4n) is 2.26. The topological polar surface area (TPSA) is 41.6 Å². The first-order valence-electron chi connectivity index (χ1n) is 6.30.